The highest BCUT2D eigenvalue weighted by atomic mass is 16.3. The molecule has 1 rings (SSSR count). The second-order valence-electron chi connectivity index (χ2n) is 3.61. The Morgan fingerprint density at radius 3 is 3.00 bits per heavy atom. The third-order valence-electron chi connectivity index (χ3n) is 2.24. The van der Waals surface area contributed by atoms with Crippen LogP contribution in [0.5, 0.6) is 0 Å². The van der Waals surface area contributed by atoms with Gasteiger partial charge in [0, 0.05) is 6.54 Å². The fourth-order valence-corrected chi connectivity index (χ4v) is 0.952. The molecule has 2 N–H and O–H groups in total. The van der Waals surface area contributed by atoms with Gasteiger partial charge in [-0.25, -0.2) is 0 Å². The molecule has 0 aliphatic rings. The minimum Gasteiger partial charge on any atom is -0.388 e. The molecule has 1 aromatic heterocycles. The topological polar surface area (TPSA) is 81.8 Å². The first kappa shape index (κ1) is 11.4. The number of hydrogen-bond donors (Lipinski definition) is 2. The van der Waals surface area contributed by atoms with Gasteiger partial charge < -0.3 is 10.4 Å². The van der Waals surface area contributed by atoms with Crippen molar-refractivity contribution in [2.45, 2.75) is 25.9 Å². The Morgan fingerprint density at radius 1 is 1.67 bits per heavy atom. The van der Waals surface area contributed by atoms with Crippen LogP contribution < -0.4 is 5.32 Å². The first-order valence-corrected chi connectivity index (χ1v) is 4.77. The van der Waals surface area contributed by atoms with Crippen molar-refractivity contribution in [1.82, 2.24) is 10.2 Å². The third-order valence-corrected chi connectivity index (χ3v) is 2.24. The van der Waals surface area contributed by atoms with Gasteiger partial charge in [0.25, 0.3) is 0 Å². The van der Waals surface area contributed by atoms with E-state index in [-0.39, 0.29) is 0 Å². The van der Waals surface area contributed by atoms with Crippen molar-refractivity contribution in [3.8, 4) is 6.07 Å². The number of nitrogens with zero attached hydrogens (tertiary/aromatic N) is 3. The number of aliphatic hydroxyl groups is 1. The van der Waals surface area contributed by atoms with Crippen molar-refractivity contribution >= 4 is 5.82 Å². The molecule has 80 valence electrons. The normalized spacial score (nSPS) is 14.0. The molecule has 0 saturated heterocycles. The van der Waals surface area contributed by atoms with Crippen molar-refractivity contribution in [3.63, 3.8) is 0 Å². The summed E-state index contributed by atoms with van der Waals surface area (Å²) in [6, 6.07) is 3.58. The zero-order valence-corrected chi connectivity index (χ0v) is 8.86. The molecule has 0 fully saturated rings. The summed E-state index contributed by atoms with van der Waals surface area (Å²) in [4.78, 5) is 0. The molecule has 1 atom stereocenters. The van der Waals surface area contributed by atoms with Crippen LogP contribution in [0.3, 0.4) is 0 Å². The fourth-order valence-electron chi connectivity index (χ4n) is 0.952. The van der Waals surface area contributed by atoms with Gasteiger partial charge in [-0.1, -0.05) is 6.92 Å². The second kappa shape index (κ2) is 4.71. The average Bonchev–Trinajstić information content (AvgIpc) is 2.27. The number of nitriles is 1. The molecule has 0 spiro atoms. The Morgan fingerprint density at radius 2 is 2.40 bits per heavy atom. The van der Waals surface area contributed by atoms with Crippen molar-refractivity contribution in [2.24, 2.45) is 0 Å². The summed E-state index contributed by atoms with van der Waals surface area (Å²) in [6.07, 6.45) is 2.09. The van der Waals surface area contributed by atoms with E-state index in [0.29, 0.717) is 24.3 Å². The minimum atomic E-state index is -0.801. The smallest absolute Gasteiger partial charge is 0.166 e. The van der Waals surface area contributed by atoms with Crippen LogP contribution in [0.25, 0.3) is 0 Å². The number of anilines is 1. The molecule has 1 aromatic rings. The van der Waals surface area contributed by atoms with Crippen LogP contribution in [-0.2, 0) is 0 Å². The quantitative estimate of drug-likeness (QED) is 0.765. The molecule has 0 aliphatic carbocycles. The van der Waals surface area contributed by atoms with E-state index in [1.165, 1.54) is 6.20 Å². The van der Waals surface area contributed by atoms with Gasteiger partial charge in [0.15, 0.2) is 5.82 Å². The zero-order valence-electron chi connectivity index (χ0n) is 8.86. The Kier molecular flexibility index (Phi) is 3.58. The fraction of sp³-hybridized carbons (Fsp3) is 0.500. The lowest BCUT2D eigenvalue weighted by Crippen LogP contribution is -2.32. The predicted octanol–water partition coefficient (Wildman–Crippen LogP) is 0.921. The van der Waals surface area contributed by atoms with Gasteiger partial charge in [-0.2, -0.15) is 10.4 Å². The molecule has 15 heavy (non-hydrogen) atoms. The standard InChI is InChI=1S/C10H14N4O/c1-3-10(2,15)7-12-9-8(6-11)4-5-13-14-9/h4-5,15H,3,7H2,1-2H3,(H,12,14). The molecular weight excluding hydrogens is 192 g/mol. The second-order valence-corrected chi connectivity index (χ2v) is 3.61. The molecule has 0 bridgehead atoms. The largest absolute Gasteiger partial charge is 0.388 e. The minimum absolute atomic E-state index is 0.344. The third kappa shape index (κ3) is 3.18. The summed E-state index contributed by atoms with van der Waals surface area (Å²) in [5.74, 6) is 0.411. The van der Waals surface area contributed by atoms with Crippen molar-refractivity contribution in [3.05, 3.63) is 17.8 Å². The van der Waals surface area contributed by atoms with E-state index in [2.05, 4.69) is 15.5 Å². The SMILES string of the molecule is CCC(C)(O)CNc1nnccc1C#N. The molecule has 0 radical (unpaired) electrons. The van der Waals surface area contributed by atoms with E-state index in [1.807, 2.05) is 13.0 Å². The van der Waals surface area contributed by atoms with E-state index >= 15 is 0 Å². The Hall–Kier alpha value is -1.67. The van der Waals surface area contributed by atoms with E-state index < -0.39 is 5.60 Å². The Bertz CT molecular complexity index is 370. The summed E-state index contributed by atoms with van der Waals surface area (Å²) in [5.41, 5.74) is -0.374. The summed E-state index contributed by atoms with van der Waals surface area (Å²) in [6.45, 7) is 3.96. The van der Waals surface area contributed by atoms with Gasteiger partial charge in [-0.05, 0) is 19.4 Å². The van der Waals surface area contributed by atoms with Crippen LogP contribution in [0.2, 0.25) is 0 Å². The monoisotopic (exact) mass is 206 g/mol. The van der Waals surface area contributed by atoms with Crippen LogP contribution in [0.1, 0.15) is 25.8 Å². The summed E-state index contributed by atoms with van der Waals surface area (Å²) >= 11 is 0. The first-order valence-electron chi connectivity index (χ1n) is 4.77. The maximum atomic E-state index is 9.75. The molecule has 0 amide bonds. The predicted molar refractivity (Wildman–Crippen MR) is 56.2 cm³/mol. The van der Waals surface area contributed by atoms with E-state index in [9.17, 15) is 5.11 Å². The lowest BCUT2D eigenvalue weighted by Gasteiger charge is -2.21. The number of rotatable bonds is 4. The highest BCUT2D eigenvalue weighted by molar-refractivity contribution is 5.50. The lowest BCUT2D eigenvalue weighted by molar-refractivity contribution is 0.0696. The van der Waals surface area contributed by atoms with Crippen LogP contribution in [0.4, 0.5) is 5.82 Å². The molecule has 5 nitrogen and oxygen atoms in total. The Balaban J connectivity index is 2.70. The van der Waals surface area contributed by atoms with Gasteiger partial charge in [-0.3, -0.25) is 0 Å². The van der Waals surface area contributed by atoms with Crippen LogP contribution in [0, 0.1) is 11.3 Å². The molecule has 5 heteroatoms. The summed E-state index contributed by atoms with van der Waals surface area (Å²) in [7, 11) is 0. The molecule has 1 unspecified atom stereocenters. The lowest BCUT2D eigenvalue weighted by atomic mass is 10.0. The first-order chi connectivity index (χ1) is 7.09. The molecule has 1 heterocycles. The van der Waals surface area contributed by atoms with E-state index in [4.69, 9.17) is 5.26 Å². The molecule has 0 aliphatic heterocycles. The number of aromatic nitrogens is 2. The Labute approximate surface area is 88.8 Å². The molecule has 0 saturated carbocycles. The van der Waals surface area contributed by atoms with Crippen LogP contribution in [-0.4, -0.2) is 27.4 Å². The highest BCUT2D eigenvalue weighted by Crippen LogP contribution is 2.12. The van der Waals surface area contributed by atoms with Crippen molar-refractivity contribution in [2.75, 3.05) is 11.9 Å². The van der Waals surface area contributed by atoms with Crippen molar-refractivity contribution in [1.29, 1.82) is 5.26 Å². The maximum Gasteiger partial charge on any atom is 0.166 e. The summed E-state index contributed by atoms with van der Waals surface area (Å²) in [5, 5.41) is 28.9. The highest BCUT2D eigenvalue weighted by Gasteiger charge is 2.17. The summed E-state index contributed by atoms with van der Waals surface area (Å²) < 4.78 is 0. The number of hydrogen-bond acceptors (Lipinski definition) is 5. The van der Waals surface area contributed by atoms with Crippen LogP contribution in [0.15, 0.2) is 12.3 Å². The van der Waals surface area contributed by atoms with Gasteiger partial charge in [0.1, 0.15) is 6.07 Å². The van der Waals surface area contributed by atoms with Gasteiger partial charge >= 0.3 is 0 Å². The van der Waals surface area contributed by atoms with Crippen molar-refractivity contribution < 1.29 is 5.11 Å². The van der Waals surface area contributed by atoms with Gasteiger partial charge in [0.2, 0.25) is 0 Å². The van der Waals surface area contributed by atoms with Crippen LogP contribution >= 0.6 is 0 Å². The maximum absolute atomic E-state index is 9.75. The van der Waals surface area contributed by atoms with E-state index in [1.54, 1.807) is 13.0 Å². The number of nitrogens with one attached hydrogen (secondary N) is 1. The average molecular weight is 206 g/mol. The van der Waals surface area contributed by atoms with Gasteiger partial charge in [-0.15, -0.1) is 5.10 Å². The molecular formula is C10H14N4O. The molecule has 0 aromatic carbocycles. The van der Waals surface area contributed by atoms with Gasteiger partial charge in [0.05, 0.1) is 17.4 Å². The zero-order chi connectivity index (χ0) is 11.3. The van der Waals surface area contributed by atoms with E-state index in [0.717, 1.165) is 0 Å².